The molecule has 0 bridgehead atoms. The number of nitrogens with one attached hydrogen (secondary N) is 1. The van der Waals surface area contributed by atoms with Crippen molar-refractivity contribution in [2.75, 3.05) is 19.0 Å². The van der Waals surface area contributed by atoms with E-state index in [0.29, 0.717) is 24.9 Å². The molecule has 0 spiro atoms. The van der Waals surface area contributed by atoms with Crippen LogP contribution in [0.25, 0.3) is 5.82 Å². The quantitative estimate of drug-likeness (QED) is 0.915. The zero-order chi connectivity index (χ0) is 13.0. The van der Waals surface area contributed by atoms with Gasteiger partial charge >= 0.3 is 0 Å². The van der Waals surface area contributed by atoms with Crippen molar-refractivity contribution < 1.29 is 4.74 Å². The molecule has 2 aromatic rings. The summed E-state index contributed by atoms with van der Waals surface area (Å²) in [5.41, 5.74) is 0. The van der Waals surface area contributed by atoms with Crippen molar-refractivity contribution in [3.8, 4) is 5.82 Å². The van der Waals surface area contributed by atoms with E-state index in [1.54, 1.807) is 10.9 Å². The zero-order valence-corrected chi connectivity index (χ0v) is 11.8. The van der Waals surface area contributed by atoms with Crippen molar-refractivity contribution >= 4 is 21.7 Å². The minimum absolute atomic E-state index is 0.390. The monoisotopic (exact) mass is 311 g/mol. The van der Waals surface area contributed by atoms with Crippen molar-refractivity contribution in [2.45, 2.75) is 13.5 Å². The average molecular weight is 312 g/mol. The molecule has 0 fully saturated rings. The Morgan fingerprint density at radius 2 is 2.28 bits per heavy atom. The molecule has 7 heteroatoms. The van der Waals surface area contributed by atoms with Crippen molar-refractivity contribution in [1.29, 1.82) is 0 Å². The van der Waals surface area contributed by atoms with Crippen LogP contribution in [0.3, 0.4) is 0 Å². The summed E-state index contributed by atoms with van der Waals surface area (Å²) in [6.07, 6.45) is 3.55. The first-order valence-corrected chi connectivity index (χ1v) is 6.36. The summed E-state index contributed by atoms with van der Waals surface area (Å²) in [7, 11) is 1.82. The maximum Gasteiger partial charge on any atom is 0.159 e. The maximum atomic E-state index is 5.32. The number of halogens is 1. The molecule has 0 aliphatic rings. The predicted molar refractivity (Wildman–Crippen MR) is 71.7 cm³/mol. The van der Waals surface area contributed by atoms with Gasteiger partial charge in [-0.1, -0.05) is 0 Å². The van der Waals surface area contributed by atoms with Gasteiger partial charge in [-0.15, -0.1) is 0 Å². The summed E-state index contributed by atoms with van der Waals surface area (Å²) in [5.74, 6) is 2.07. The Kier molecular flexibility index (Phi) is 4.27. The van der Waals surface area contributed by atoms with Crippen molar-refractivity contribution in [2.24, 2.45) is 0 Å². The number of anilines is 1. The Balaban J connectivity index is 2.34. The number of rotatable bonds is 5. The molecule has 18 heavy (non-hydrogen) atoms. The molecule has 0 amide bonds. The fourth-order valence-corrected chi connectivity index (χ4v) is 1.70. The molecule has 6 nitrogen and oxygen atoms in total. The number of ether oxygens (including phenoxy) is 1. The van der Waals surface area contributed by atoms with Gasteiger partial charge in [-0.25, -0.2) is 14.6 Å². The van der Waals surface area contributed by atoms with E-state index >= 15 is 0 Å². The van der Waals surface area contributed by atoms with Gasteiger partial charge in [0.2, 0.25) is 0 Å². The van der Waals surface area contributed by atoms with E-state index in [4.69, 9.17) is 4.74 Å². The van der Waals surface area contributed by atoms with E-state index < -0.39 is 0 Å². The van der Waals surface area contributed by atoms with Gasteiger partial charge < -0.3 is 10.1 Å². The molecule has 0 saturated heterocycles. The summed E-state index contributed by atoms with van der Waals surface area (Å²) in [4.78, 5) is 8.73. The largest absolute Gasteiger partial charge is 0.374 e. The molecule has 0 radical (unpaired) electrons. The zero-order valence-electron chi connectivity index (χ0n) is 10.2. The van der Waals surface area contributed by atoms with E-state index in [1.165, 1.54) is 0 Å². The highest BCUT2D eigenvalue weighted by Crippen LogP contribution is 2.14. The van der Waals surface area contributed by atoms with Crippen LogP contribution in [0, 0.1) is 0 Å². The molecule has 96 valence electrons. The summed E-state index contributed by atoms with van der Waals surface area (Å²) >= 11 is 3.36. The van der Waals surface area contributed by atoms with Crippen LogP contribution in [0.15, 0.2) is 22.9 Å². The highest BCUT2D eigenvalue weighted by molar-refractivity contribution is 9.10. The second-order valence-electron chi connectivity index (χ2n) is 3.52. The van der Waals surface area contributed by atoms with Crippen LogP contribution in [-0.4, -0.2) is 33.4 Å². The minimum Gasteiger partial charge on any atom is -0.374 e. The highest BCUT2D eigenvalue weighted by atomic mass is 79.9. The first kappa shape index (κ1) is 13.0. The van der Waals surface area contributed by atoms with Gasteiger partial charge in [0.1, 0.15) is 12.4 Å². The molecule has 0 aliphatic carbocycles. The van der Waals surface area contributed by atoms with E-state index in [9.17, 15) is 0 Å². The smallest absolute Gasteiger partial charge is 0.159 e. The second-order valence-corrected chi connectivity index (χ2v) is 4.43. The van der Waals surface area contributed by atoms with Crippen LogP contribution in [-0.2, 0) is 11.3 Å². The Morgan fingerprint density at radius 1 is 1.44 bits per heavy atom. The number of nitrogens with zero attached hydrogens (tertiary/aromatic N) is 4. The fraction of sp³-hybridized carbons (Fsp3) is 0.364. The Labute approximate surface area is 114 Å². The highest BCUT2D eigenvalue weighted by Gasteiger charge is 2.07. The van der Waals surface area contributed by atoms with Crippen LogP contribution in [0.5, 0.6) is 0 Å². The van der Waals surface area contributed by atoms with Crippen molar-refractivity contribution in [3.63, 3.8) is 0 Å². The SMILES string of the molecule is CCOCc1nc(NC)cc(-n2cc(Br)cn2)n1. The van der Waals surface area contributed by atoms with Gasteiger partial charge in [0.25, 0.3) is 0 Å². The van der Waals surface area contributed by atoms with Gasteiger partial charge in [0.15, 0.2) is 11.6 Å². The van der Waals surface area contributed by atoms with Gasteiger partial charge in [-0.05, 0) is 22.9 Å². The molecule has 0 unspecified atom stereocenters. The Hall–Kier alpha value is -1.47. The van der Waals surface area contributed by atoms with Crippen LogP contribution in [0.2, 0.25) is 0 Å². The van der Waals surface area contributed by atoms with Crippen molar-refractivity contribution in [1.82, 2.24) is 19.7 Å². The molecule has 0 aromatic carbocycles. The summed E-state index contributed by atoms with van der Waals surface area (Å²) < 4.78 is 7.91. The van der Waals surface area contributed by atoms with Crippen LogP contribution in [0.4, 0.5) is 5.82 Å². The van der Waals surface area contributed by atoms with E-state index in [-0.39, 0.29) is 0 Å². The third kappa shape index (κ3) is 3.05. The molecule has 2 aromatic heterocycles. The molecular weight excluding hydrogens is 298 g/mol. The second kappa shape index (κ2) is 5.92. The predicted octanol–water partition coefficient (Wildman–Crippen LogP) is 2.00. The fourth-order valence-electron chi connectivity index (χ4n) is 1.41. The molecule has 0 saturated carbocycles. The molecule has 2 rings (SSSR count). The van der Waals surface area contributed by atoms with Crippen molar-refractivity contribution in [3.05, 3.63) is 28.8 Å². The summed E-state index contributed by atoms with van der Waals surface area (Å²) in [6, 6.07) is 1.83. The van der Waals surface area contributed by atoms with E-state index in [0.717, 1.165) is 10.3 Å². The standard InChI is InChI=1S/C11H14BrN5O/c1-3-18-7-10-15-9(13-2)4-11(16-10)17-6-8(12)5-14-17/h4-6H,3,7H2,1-2H3,(H,13,15,16). The van der Waals surface area contributed by atoms with Crippen LogP contribution < -0.4 is 5.32 Å². The molecule has 0 aliphatic heterocycles. The first-order chi connectivity index (χ1) is 8.72. The lowest BCUT2D eigenvalue weighted by atomic mass is 10.5. The molecule has 1 N–H and O–H groups in total. The maximum absolute atomic E-state index is 5.32. The van der Waals surface area contributed by atoms with Gasteiger partial charge in [0, 0.05) is 25.9 Å². The Bertz CT molecular complexity index is 528. The average Bonchev–Trinajstić information content (AvgIpc) is 2.82. The van der Waals surface area contributed by atoms with E-state index in [2.05, 4.69) is 36.3 Å². The lowest BCUT2D eigenvalue weighted by molar-refractivity contribution is 0.128. The third-order valence-electron chi connectivity index (χ3n) is 2.24. The normalized spacial score (nSPS) is 10.6. The van der Waals surface area contributed by atoms with Gasteiger partial charge in [0.05, 0.1) is 10.7 Å². The topological polar surface area (TPSA) is 64.9 Å². The minimum atomic E-state index is 0.390. The molecule has 0 atom stereocenters. The Morgan fingerprint density at radius 3 is 2.89 bits per heavy atom. The molecular formula is C11H14BrN5O. The summed E-state index contributed by atoms with van der Waals surface area (Å²) in [5, 5.41) is 7.19. The lowest BCUT2D eigenvalue weighted by Gasteiger charge is -2.07. The number of aromatic nitrogens is 4. The van der Waals surface area contributed by atoms with Gasteiger partial charge in [-0.3, -0.25) is 0 Å². The van der Waals surface area contributed by atoms with E-state index in [1.807, 2.05) is 26.2 Å². The summed E-state index contributed by atoms with van der Waals surface area (Å²) in [6.45, 7) is 2.96. The lowest BCUT2D eigenvalue weighted by Crippen LogP contribution is -2.07. The van der Waals surface area contributed by atoms with Crippen LogP contribution in [0.1, 0.15) is 12.7 Å². The first-order valence-electron chi connectivity index (χ1n) is 5.57. The number of hydrogen-bond acceptors (Lipinski definition) is 5. The van der Waals surface area contributed by atoms with Gasteiger partial charge in [-0.2, -0.15) is 5.10 Å². The molecule has 2 heterocycles. The number of hydrogen-bond donors (Lipinski definition) is 1. The van der Waals surface area contributed by atoms with Crippen LogP contribution >= 0.6 is 15.9 Å². The third-order valence-corrected chi connectivity index (χ3v) is 2.65.